The van der Waals surface area contributed by atoms with Crippen molar-refractivity contribution in [2.75, 3.05) is 20.8 Å². The average Bonchev–Trinajstić information content (AvgIpc) is 3.62. The summed E-state index contributed by atoms with van der Waals surface area (Å²) in [6.45, 7) is -0.488. The van der Waals surface area contributed by atoms with Crippen molar-refractivity contribution < 1.29 is 48.1 Å². The van der Waals surface area contributed by atoms with E-state index in [1.54, 1.807) is 38.5 Å². The van der Waals surface area contributed by atoms with E-state index in [4.69, 9.17) is 23.5 Å². The lowest BCUT2D eigenvalue weighted by atomic mass is 9.80. The van der Waals surface area contributed by atoms with E-state index in [-0.39, 0.29) is 5.69 Å². The number of aliphatic hydroxyl groups is 2. The highest BCUT2D eigenvalue weighted by Crippen LogP contribution is 2.47. The quantitative estimate of drug-likeness (QED) is 0.0678. The molecule has 3 N–H and O–H groups in total. The second kappa shape index (κ2) is 12.4. The number of methoxy groups -OCH3 is 2. The summed E-state index contributed by atoms with van der Waals surface area (Å²) in [7, 11) is -0.284. The predicted molar refractivity (Wildman–Crippen MR) is 155 cm³/mol. The van der Waals surface area contributed by atoms with Gasteiger partial charge in [-0.05, 0) is 41.0 Å². The molecule has 1 aliphatic heterocycles. The maximum atomic E-state index is 11.8. The van der Waals surface area contributed by atoms with Crippen LogP contribution in [-0.2, 0) is 30.1 Å². The minimum Gasteiger partial charge on any atom is -0.497 e. The largest absolute Gasteiger partial charge is 0.697 e. The SMILES string of the molecule is COc1ccc(C(OC[C@H]2OC(O)(n3ccc([N+](=O)[O-])c3)C[C@@]2(O)O[P+](=O)O)(c2ccccc2)c2ccc(OC)cc2)cc1. The summed E-state index contributed by atoms with van der Waals surface area (Å²) in [5.74, 6) is -3.73. The molecule has 0 aliphatic carbocycles. The molecule has 2 heterocycles. The van der Waals surface area contributed by atoms with Crippen LogP contribution in [0.15, 0.2) is 97.3 Å². The topological polar surface area (TPSA) is 172 Å². The van der Waals surface area contributed by atoms with Crippen molar-refractivity contribution in [2.24, 2.45) is 0 Å². The number of hydrogen-bond acceptors (Lipinski definition) is 10. The molecule has 44 heavy (non-hydrogen) atoms. The molecule has 1 aromatic heterocycles. The van der Waals surface area contributed by atoms with E-state index < -0.39 is 49.6 Å². The summed E-state index contributed by atoms with van der Waals surface area (Å²) < 4.78 is 41.0. The Kier molecular flexibility index (Phi) is 8.82. The fourth-order valence-corrected chi connectivity index (χ4v) is 5.79. The lowest BCUT2D eigenvalue weighted by Gasteiger charge is -2.37. The number of ether oxygens (including phenoxy) is 4. The molecule has 1 saturated heterocycles. The summed E-state index contributed by atoms with van der Waals surface area (Å²) >= 11 is 0. The van der Waals surface area contributed by atoms with Crippen LogP contribution in [-0.4, -0.2) is 57.3 Å². The Bertz CT molecular complexity index is 1570. The molecule has 0 radical (unpaired) electrons. The van der Waals surface area contributed by atoms with E-state index in [0.29, 0.717) is 28.2 Å². The van der Waals surface area contributed by atoms with Crippen LogP contribution in [0, 0.1) is 10.1 Å². The number of rotatable bonds is 12. The number of nitrogens with zero attached hydrogens (tertiary/aromatic N) is 2. The molecule has 0 amide bonds. The van der Waals surface area contributed by atoms with Crippen LogP contribution >= 0.6 is 8.25 Å². The van der Waals surface area contributed by atoms with Crippen molar-refractivity contribution in [3.8, 4) is 11.5 Å². The second-order valence-corrected chi connectivity index (χ2v) is 10.7. The van der Waals surface area contributed by atoms with E-state index in [2.05, 4.69) is 0 Å². The highest BCUT2D eigenvalue weighted by Gasteiger charge is 2.62. The number of hydrogen-bond donors (Lipinski definition) is 3. The van der Waals surface area contributed by atoms with Crippen LogP contribution in [0.5, 0.6) is 11.5 Å². The summed E-state index contributed by atoms with van der Waals surface area (Å²) in [4.78, 5) is 20.2. The Morgan fingerprint density at radius 2 is 1.50 bits per heavy atom. The lowest BCUT2D eigenvalue weighted by Crippen LogP contribution is -2.45. The Balaban J connectivity index is 1.60. The van der Waals surface area contributed by atoms with Crippen LogP contribution in [0.1, 0.15) is 23.1 Å². The molecule has 2 unspecified atom stereocenters. The van der Waals surface area contributed by atoms with Crippen LogP contribution in [0.25, 0.3) is 0 Å². The first-order valence-electron chi connectivity index (χ1n) is 13.3. The molecule has 3 aromatic carbocycles. The first-order chi connectivity index (χ1) is 21.0. The Morgan fingerprint density at radius 3 is 1.98 bits per heavy atom. The van der Waals surface area contributed by atoms with E-state index in [9.17, 15) is 29.8 Å². The van der Waals surface area contributed by atoms with Gasteiger partial charge in [0.15, 0.2) is 0 Å². The van der Waals surface area contributed by atoms with Gasteiger partial charge in [-0.3, -0.25) is 14.7 Å². The maximum absolute atomic E-state index is 11.8. The molecule has 13 nitrogen and oxygen atoms in total. The van der Waals surface area contributed by atoms with Crippen molar-refractivity contribution in [2.45, 2.75) is 29.8 Å². The molecular formula is C30H30N2O11P+. The van der Waals surface area contributed by atoms with E-state index in [1.165, 1.54) is 6.20 Å². The molecular weight excluding hydrogens is 595 g/mol. The Morgan fingerprint density at radius 1 is 0.955 bits per heavy atom. The van der Waals surface area contributed by atoms with Gasteiger partial charge in [0.25, 0.3) is 17.4 Å². The van der Waals surface area contributed by atoms with Gasteiger partial charge in [0.2, 0.25) is 0 Å². The summed E-state index contributed by atoms with van der Waals surface area (Å²) in [5, 5.41) is 34.1. The van der Waals surface area contributed by atoms with Crippen molar-refractivity contribution >= 4 is 13.9 Å². The molecule has 1 aliphatic rings. The number of nitro groups is 1. The molecule has 0 saturated carbocycles. The molecule has 230 valence electrons. The second-order valence-electron chi connectivity index (χ2n) is 10.0. The Labute approximate surface area is 252 Å². The average molecular weight is 626 g/mol. The van der Waals surface area contributed by atoms with E-state index in [1.807, 2.05) is 54.6 Å². The first kappa shape index (κ1) is 31.2. The highest BCUT2D eigenvalue weighted by molar-refractivity contribution is 7.32. The Hall–Kier alpha value is -4.20. The van der Waals surface area contributed by atoms with Crippen LogP contribution in [0.2, 0.25) is 0 Å². The molecule has 1 fully saturated rings. The summed E-state index contributed by atoms with van der Waals surface area (Å²) in [5.41, 5.74) is 0.283. The number of aromatic nitrogens is 1. The smallest absolute Gasteiger partial charge is 0.497 e. The minimum atomic E-state index is -3.38. The van der Waals surface area contributed by atoms with E-state index >= 15 is 0 Å². The fourth-order valence-electron chi connectivity index (χ4n) is 5.33. The van der Waals surface area contributed by atoms with Gasteiger partial charge >= 0.3 is 8.25 Å². The molecule has 4 aromatic rings. The monoisotopic (exact) mass is 625 g/mol. The standard InChI is InChI=1S/C30H29N2O11P/c1-39-25-12-8-22(9-13-25)30(21-6-4-3-5-7-21,23-10-14-26(40-2)15-11-23)41-19-27-28(33,43-44(37)38)20-29(34,42-27)31-17-16-24(18-31)32(35)36/h3-18,27,33-34H,19-20H2,1-2H3/p+1/t27-,28-,29?/m1/s1. The van der Waals surface area contributed by atoms with Gasteiger partial charge in [-0.1, -0.05) is 59.1 Å². The summed E-state index contributed by atoms with van der Waals surface area (Å²) in [6.07, 6.45) is -0.139. The maximum Gasteiger partial charge on any atom is 0.697 e. The van der Waals surface area contributed by atoms with Crippen LogP contribution < -0.4 is 9.47 Å². The van der Waals surface area contributed by atoms with Gasteiger partial charge in [0.1, 0.15) is 23.2 Å². The number of benzene rings is 3. The van der Waals surface area contributed by atoms with Gasteiger partial charge in [-0.2, -0.15) is 0 Å². The molecule has 5 rings (SSSR count). The molecule has 14 heteroatoms. The molecule has 0 bridgehead atoms. The van der Waals surface area contributed by atoms with Crippen molar-refractivity contribution in [3.05, 3.63) is 124 Å². The third kappa shape index (κ3) is 5.94. The van der Waals surface area contributed by atoms with Gasteiger partial charge in [-0.25, -0.2) is 0 Å². The van der Waals surface area contributed by atoms with Gasteiger partial charge in [-0.15, -0.1) is 4.89 Å². The van der Waals surface area contributed by atoms with Crippen LogP contribution in [0.3, 0.4) is 0 Å². The summed E-state index contributed by atoms with van der Waals surface area (Å²) in [6, 6.07) is 24.7. The van der Waals surface area contributed by atoms with Crippen LogP contribution in [0.4, 0.5) is 5.69 Å². The molecule has 4 atom stereocenters. The fraction of sp³-hybridized carbons (Fsp3) is 0.267. The van der Waals surface area contributed by atoms with Crippen molar-refractivity contribution in [1.29, 1.82) is 0 Å². The van der Waals surface area contributed by atoms with Gasteiger partial charge in [0, 0.05) is 16.8 Å². The molecule has 0 spiro atoms. The van der Waals surface area contributed by atoms with Crippen molar-refractivity contribution in [3.63, 3.8) is 0 Å². The zero-order valence-electron chi connectivity index (χ0n) is 23.7. The normalized spacial score (nSPS) is 22.0. The zero-order valence-corrected chi connectivity index (χ0v) is 24.6. The zero-order chi connectivity index (χ0) is 31.5. The van der Waals surface area contributed by atoms with Crippen molar-refractivity contribution in [1.82, 2.24) is 4.57 Å². The van der Waals surface area contributed by atoms with Gasteiger partial charge < -0.3 is 29.2 Å². The highest BCUT2D eigenvalue weighted by atomic mass is 31.1. The third-order valence-corrected chi connectivity index (χ3v) is 7.94. The third-order valence-electron chi connectivity index (χ3n) is 7.47. The van der Waals surface area contributed by atoms with Gasteiger partial charge in [0.05, 0.1) is 38.4 Å². The lowest BCUT2D eigenvalue weighted by molar-refractivity contribution is -0.385. The minimum absolute atomic E-state index is 0.346. The predicted octanol–water partition coefficient (Wildman–Crippen LogP) is 4.17. The van der Waals surface area contributed by atoms with E-state index in [0.717, 1.165) is 16.8 Å². The first-order valence-corrected chi connectivity index (χ1v) is 14.5.